The van der Waals surface area contributed by atoms with E-state index < -0.39 is 0 Å². The summed E-state index contributed by atoms with van der Waals surface area (Å²) in [5.74, 6) is 1.02. The number of hydrogen-bond acceptors (Lipinski definition) is 5. The first kappa shape index (κ1) is 15.2. The number of likely N-dealkylation sites (N-methyl/N-ethyl adjacent to an activating group) is 1. The average Bonchev–Trinajstić information content (AvgIpc) is 2.97. The lowest BCUT2D eigenvalue weighted by Gasteiger charge is -2.22. The second-order valence-corrected chi connectivity index (χ2v) is 7.16. The Labute approximate surface area is 130 Å². The van der Waals surface area contributed by atoms with Crippen molar-refractivity contribution in [1.29, 1.82) is 0 Å². The summed E-state index contributed by atoms with van der Waals surface area (Å²) in [6.45, 7) is 4.38. The molecule has 1 unspecified atom stereocenters. The molecule has 0 radical (unpaired) electrons. The number of halogens is 1. The number of aromatic nitrogens is 1. The molecule has 0 saturated carbocycles. The summed E-state index contributed by atoms with van der Waals surface area (Å²) >= 11 is 5.11. The molecule has 0 aliphatic heterocycles. The van der Waals surface area contributed by atoms with Crippen LogP contribution in [0.25, 0.3) is 0 Å². The average molecular weight is 358 g/mol. The zero-order valence-electron chi connectivity index (χ0n) is 11.5. The first-order valence-electron chi connectivity index (χ1n) is 6.14. The molecular formula is C13H16BrN3O2S. The number of aryl methyl sites for hydroxylation is 1. The quantitative estimate of drug-likeness (QED) is 0.891. The Morgan fingerprint density at radius 1 is 1.60 bits per heavy atom. The van der Waals surface area contributed by atoms with Crippen molar-refractivity contribution in [3.05, 3.63) is 32.6 Å². The van der Waals surface area contributed by atoms with Gasteiger partial charge in [0.15, 0.2) is 5.82 Å². The minimum absolute atomic E-state index is 0.101. The number of carbonyl (C=O) groups excluding carboxylic acids is 1. The molecule has 2 aromatic rings. The first-order valence-corrected chi connectivity index (χ1v) is 7.75. The molecule has 1 amide bonds. The van der Waals surface area contributed by atoms with Crippen LogP contribution < -0.4 is 5.32 Å². The maximum absolute atomic E-state index is 12.1. The van der Waals surface area contributed by atoms with Gasteiger partial charge in [0, 0.05) is 17.5 Å². The Morgan fingerprint density at radius 2 is 2.35 bits per heavy atom. The number of anilines is 1. The fourth-order valence-electron chi connectivity index (χ4n) is 1.68. The fourth-order valence-corrected chi connectivity index (χ4v) is 3.22. The molecule has 7 heteroatoms. The lowest BCUT2D eigenvalue weighted by Crippen LogP contribution is -2.39. The van der Waals surface area contributed by atoms with Crippen molar-refractivity contribution < 1.29 is 9.32 Å². The minimum Gasteiger partial charge on any atom is -0.360 e. The summed E-state index contributed by atoms with van der Waals surface area (Å²) in [6, 6.07) is 5.50. The Bertz CT molecular complexity index is 596. The first-order chi connectivity index (χ1) is 9.45. The van der Waals surface area contributed by atoms with Gasteiger partial charge < -0.3 is 9.84 Å². The highest BCUT2D eigenvalue weighted by Crippen LogP contribution is 2.23. The standard InChI is InChI=1S/C13H16BrN3O2S/c1-8-6-12(16-19-8)15-13(18)9(2)17(3)7-10-4-5-11(14)20-10/h4-6,9H,7H2,1-3H3,(H,15,16,18). The molecule has 0 bridgehead atoms. The van der Waals surface area contributed by atoms with E-state index in [1.807, 2.05) is 24.9 Å². The maximum atomic E-state index is 12.1. The summed E-state index contributed by atoms with van der Waals surface area (Å²) in [5, 5.41) is 6.50. The predicted octanol–water partition coefficient (Wildman–Crippen LogP) is 3.27. The van der Waals surface area contributed by atoms with Crippen molar-refractivity contribution in [3.63, 3.8) is 0 Å². The largest absolute Gasteiger partial charge is 0.360 e. The summed E-state index contributed by atoms with van der Waals surface area (Å²) in [6.07, 6.45) is 0. The van der Waals surface area contributed by atoms with E-state index in [1.165, 1.54) is 4.88 Å². The number of nitrogens with one attached hydrogen (secondary N) is 1. The van der Waals surface area contributed by atoms with Crippen LogP contribution in [0, 0.1) is 6.92 Å². The number of carbonyl (C=O) groups is 1. The normalized spacial score (nSPS) is 12.7. The molecule has 0 spiro atoms. The van der Waals surface area contributed by atoms with Crippen LogP contribution in [0.5, 0.6) is 0 Å². The molecule has 2 aromatic heterocycles. The van der Waals surface area contributed by atoms with Gasteiger partial charge in [0.1, 0.15) is 5.76 Å². The Kier molecular flexibility index (Phi) is 4.95. The van der Waals surface area contributed by atoms with Gasteiger partial charge in [-0.25, -0.2) is 0 Å². The highest BCUT2D eigenvalue weighted by atomic mass is 79.9. The van der Waals surface area contributed by atoms with Gasteiger partial charge in [-0.05, 0) is 49.0 Å². The highest BCUT2D eigenvalue weighted by molar-refractivity contribution is 9.11. The number of amides is 1. The van der Waals surface area contributed by atoms with Crippen LogP contribution in [0.1, 0.15) is 17.6 Å². The molecule has 2 heterocycles. The van der Waals surface area contributed by atoms with Crippen LogP contribution in [0.15, 0.2) is 26.5 Å². The molecule has 0 aliphatic rings. The van der Waals surface area contributed by atoms with Gasteiger partial charge in [0.25, 0.3) is 0 Å². The summed E-state index contributed by atoms with van der Waals surface area (Å²) in [5.41, 5.74) is 0. The van der Waals surface area contributed by atoms with E-state index in [0.29, 0.717) is 11.6 Å². The van der Waals surface area contributed by atoms with E-state index >= 15 is 0 Å². The second-order valence-electron chi connectivity index (χ2n) is 4.61. The van der Waals surface area contributed by atoms with Crippen LogP contribution in [-0.2, 0) is 11.3 Å². The van der Waals surface area contributed by atoms with Crippen LogP contribution in [-0.4, -0.2) is 29.1 Å². The number of rotatable bonds is 5. The number of hydrogen-bond donors (Lipinski definition) is 1. The van der Waals surface area contributed by atoms with Crippen molar-refractivity contribution >= 4 is 39.0 Å². The van der Waals surface area contributed by atoms with Crippen molar-refractivity contribution in [2.75, 3.05) is 12.4 Å². The van der Waals surface area contributed by atoms with Crippen molar-refractivity contribution in [1.82, 2.24) is 10.1 Å². The summed E-state index contributed by atoms with van der Waals surface area (Å²) in [7, 11) is 1.92. The van der Waals surface area contributed by atoms with Gasteiger partial charge in [-0.1, -0.05) is 5.16 Å². The van der Waals surface area contributed by atoms with Gasteiger partial charge in [-0.2, -0.15) is 0 Å². The fraction of sp³-hybridized carbons (Fsp3) is 0.385. The zero-order chi connectivity index (χ0) is 14.7. The molecule has 20 heavy (non-hydrogen) atoms. The molecule has 0 fully saturated rings. The molecule has 108 valence electrons. The van der Waals surface area contributed by atoms with E-state index in [1.54, 1.807) is 24.3 Å². The van der Waals surface area contributed by atoms with Crippen LogP contribution in [0.2, 0.25) is 0 Å². The summed E-state index contributed by atoms with van der Waals surface area (Å²) in [4.78, 5) is 15.3. The summed E-state index contributed by atoms with van der Waals surface area (Å²) < 4.78 is 6.02. The topological polar surface area (TPSA) is 58.4 Å². The predicted molar refractivity (Wildman–Crippen MR) is 82.8 cm³/mol. The van der Waals surface area contributed by atoms with Crippen LogP contribution in [0.3, 0.4) is 0 Å². The number of thiophene rings is 1. The van der Waals surface area contributed by atoms with E-state index in [0.717, 1.165) is 10.3 Å². The van der Waals surface area contributed by atoms with E-state index in [9.17, 15) is 4.79 Å². The second kappa shape index (κ2) is 6.51. The van der Waals surface area contributed by atoms with Gasteiger partial charge in [0.05, 0.1) is 9.83 Å². The lowest BCUT2D eigenvalue weighted by molar-refractivity contribution is -0.120. The lowest BCUT2D eigenvalue weighted by atomic mass is 10.2. The van der Waals surface area contributed by atoms with Crippen LogP contribution >= 0.6 is 27.3 Å². The highest BCUT2D eigenvalue weighted by Gasteiger charge is 2.19. The third kappa shape index (κ3) is 3.91. The monoisotopic (exact) mass is 357 g/mol. The molecule has 5 nitrogen and oxygen atoms in total. The molecule has 2 rings (SSSR count). The molecule has 1 N–H and O–H groups in total. The third-order valence-electron chi connectivity index (χ3n) is 2.95. The van der Waals surface area contributed by atoms with E-state index in [-0.39, 0.29) is 11.9 Å². The number of nitrogens with zero attached hydrogens (tertiary/aromatic N) is 2. The zero-order valence-corrected chi connectivity index (χ0v) is 13.9. The molecular weight excluding hydrogens is 342 g/mol. The van der Waals surface area contributed by atoms with E-state index in [2.05, 4.69) is 32.5 Å². The third-order valence-corrected chi connectivity index (χ3v) is 4.56. The molecule has 1 atom stereocenters. The van der Waals surface area contributed by atoms with Crippen molar-refractivity contribution in [3.8, 4) is 0 Å². The van der Waals surface area contributed by atoms with Gasteiger partial charge in [-0.3, -0.25) is 9.69 Å². The SMILES string of the molecule is Cc1cc(NC(=O)C(C)N(C)Cc2ccc(Br)s2)no1. The van der Waals surface area contributed by atoms with Crippen molar-refractivity contribution in [2.24, 2.45) is 0 Å². The Morgan fingerprint density at radius 3 is 2.90 bits per heavy atom. The Hall–Kier alpha value is -1.18. The molecule has 0 aliphatic carbocycles. The van der Waals surface area contributed by atoms with Crippen molar-refractivity contribution in [2.45, 2.75) is 26.4 Å². The van der Waals surface area contributed by atoms with Crippen LogP contribution in [0.4, 0.5) is 5.82 Å². The van der Waals surface area contributed by atoms with E-state index in [4.69, 9.17) is 4.52 Å². The minimum atomic E-state index is -0.257. The van der Waals surface area contributed by atoms with Gasteiger partial charge >= 0.3 is 0 Å². The molecule has 0 aromatic carbocycles. The molecule has 0 saturated heterocycles. The maximum Gasteiger partial charge on any atom is 0.242 e. The Balaban J connectivity index is 1.92. The van der Waals surface area contributed by atoms with Gasteiger partial charge in [-0.15, -0.1) is 11.3 Å². The smallest absolute Gasteiger partial charge is 0.242 e. The van der Waals surface area contributed by atoms with Gasteiger partial charge in [0.2, 0.25) is 5.91 Å².